The summed E-state index contributed by atoms with van der Waals surface area (Å²) in [6.45, 7) is 2.61. The molecule has 0 fully saturated rings. The van der Waals surface area contributed by atoms with Crippen molar-refractivity contribution in [3.63, 3.8) is 0 Å². The van der Waals surface area contributed by atoms with Gasteiger partial charge in [-0.15, -0.1) is 10.2 Å². The molecule has 0 unspecified atom stereocenters. The van der Waals surface area contributed by atoms with Crippen LogP contribution in [0.2, 0.25) is 0 Å². The Hall–Kier alpha value is -0.990. The molecule has 0 aliphatic heterocycles. The number of aliphatic hydroxyl groups excluding tert-OH is 1. The Kier molecular flexibility index (Phi) is 4.84. The van der Waals surface area contributed by atoms with Gasteiger partial charge < -0.3 is 9.67 Å². The Labute approximate surface area is 94.6 Å². The number of aliphatic hydroxyl groups is 1. The van der Waals surface area contributed by atoms with Gasteiger partial charge in [-0.05, 0) is 13.3 Å². The molecule has 0 aliphatic carbocycles. The predicted octanol–water partition coefficient (Wildman–Crippen LogP) is -0.900. The topological polar surface area (TPSA) is 97.1 Å². The first kappa shape index (κ1) is 13.1. The Bertz CT molecular complexity index is 415. The van der Waals surface area contributed by atoms with E-state index in [2.05, 4.69) is 14.9 Å². The minimum absolute atomic E-state index is 0.0796. The van der Waals surface area contributed by atoms with E-state index in [9.17, 15) is 8.42 Å². The van der Waals surface area contributed by atoms with Gasteiger partial charge in [0.25, 0.3) is 0 Å². The molecule has 0 bridgehead atoms. The molecular weight excluding hydrogens is 232 g/mol. The van der Waals surface area contributed by atoms with E-state index in [1.807, 2.05) is 6.92 Å². The van der Waals surface area contributed by atoms with Crippen molar-refractivity contribution in [2.24, 2.45) is 0 Å². The monoisotopic (exact) mass is 248 g/mol. The molecule has 7 nitrogen and oxygen atoms in total. The first-order valence-corrected chi connectivity index (χ1v) is 6.69. The minimum atomic E-state index is -3.34. The van der Waals surface area contributed by atoms with Crippen molar-refractivity contribution in [2.45, 2.75) is 26.4 Å². The fraction of sp³-hybridized carbons (Fsp3) is 0.750. The molecule has 92 valence electrons. The highest BCUT2D eigenvalue weighted by Crippen LogP contribution is 1.96. The lowest BCUT2D eigenvalue weighted by Gasteiger charge is -2.06. The van der Waals surface area contributed by atoms with E-state index in [1.165, 1.54) is 0 Å². The lowest BCUT2D eigenvalue weighted by molar-refractivity contribution is 0.295. The van der Waals surface area contributed by atoms with Crippen LogP contribution in [0.1, 0.15) is 19.2 Å². The molecule has 0 aromatic carbocycles. The van der Waals surface area contributed by atoms with Crippen LogP contribution in [0.3, 0.4) is 0 Å². The number of aryl methyl sites for hydroxylation is 1. The number of rotatable bonds is 7. The van der Waals surface area contributed by atoms with Crippen LogP contribution in [0.4, 0.5) is 0 Å². The van der Waals surface area contributed by atoms with Crippen molar-refractivity contribution in [1.29, 1.82) is 0 Å². The third kappa shape index (κ3) is 3.87. The molecule has 0 spiro atoms. The van der Waals surface area contributed by atoms with Crippen LogP contribution in [-0.2, 0) is 23.1 Å². The maximum Gasteiger partial charge on any atom is 0.212 e. The van der Waals surface area contributed by atoms with Crippen molar-refractivity contribution in [3.05, 3.63) is 12.2 Å². The van der Waals surface area contributed by atoms with E-state index in [0.717, 1.165) is 0 Å². The summed E-state index contributed by atoms with van der Waals surface area (Å²) in [5.74, 6) is 0.499. The summed E-state index contributed by atoms with van der Waals surface area (Å²) < 4.78 is 27.0. The van der Waals surface area contributed by atoms with Crippen LogP contribution in [0, 0.1) is 0 Å². The molecule has 0 atom stereocenters. The summed E-state index contributed by atoms with van der Waals surface area (Å²) in [4.78, 5) is 0. The second-order valence-corrected chi connectivity index (χ2v) is 5.18. The highest BCUT2D eigenvalue weighted by Gasteiger charge is 2.11. The van der Waals surface area contributed by atoms with Crippen molar-refractivity contribution in [2.75, 3.05) is 12.4 Å². The summed E-state index contributed by atoms with van der Waals surface area (Å²) in [7, 11) is -3.34. The molecule has 2 N–H and O–H groups in total. The molecule has 1 heterocycles. The smallest absolute Gasteiger partial charge is 0.212 e. The SMILES string of the molecule is CCn1cnnc1CNS(=O)(=O)CCCO. The first-order valence-electron chi connectivity index (χ1n) is 5.04. The molecule has 0 radical (unpaired) electrons. The molecule has 0 amide bonds. The summed E-state index contributed by atoms with van der Waals surface area (Å²) in [6.07, 6.45) is 1.78. The first-order chi connectivity index (χ1) is 7.59. The zero-order valence-corrected chi connectivity index (χ0v) is 9.94. The fourth-order valence-electron chi connectivity index (χ4n) is 1.18. The minimum Gasteiger partial charge on any atom is -0.396 e. The Morgan fingerprint density at radius 2 is 2.31 bits per heavy atom. The van der Waals surface area contributed by atoms with Gasteiger partial charge in [0.2, 0.25) is 10.0 Å². The quantitative estimate of drug-likeness (QED) is 0.651. The molecule has 16 heavy (non-hydrogen) atoms. The molecule has 1 aromatic rings. The van der Waals surface area contributed by atoms with Gasteiger partial charge in [0, 0.05) is 13.2 Å². The van der Waals surface area contributed by atoms with Crippen LogP contribution < -0.4 is 4.72 Å². The number of aromatic nitrogens is 3. The Balaban J connectivity index is 2.51. The number of hydrogen-bond donors (Lipinski definition) is 2. The van der Waals surface area contributed by atoms with E-state index >= 15 is 0 Å². The molecule has 1 aromatic heterocycles. The van der Waals surface area contributed by atoms with Crippen LogP contribution >= 0.6 is 0 Å². The largest absolute Gasteiger partial charge is 0.396 e. The standard InChI is InChI=1S/C8H16N4O3S/c1-2-12-7-9-11-8(12)6-10-16(14,15)5-3-4-13/h7,10,13H,2-6H2,1H3. The summed E-state index contributed by atoms with van der Waals surface area (Å²) >= 11 is 0. The summed E-state index contributed by atoms with van der Waals surface area (Å²) in [6, 6.07) is 0. The van der Waals surface area contributed by atoms with Crippen LogP contribution in [0.25, 0.3) is 0 Å². The third-order valence-corrected chi connectivity index (χ3v) is 3.47. The highest BCUT2D eigenvalue weighted by molar-refractivity contribution is 7.89. The van der Waals surface area contributed by atoms with E-state index < -0.39 is 10.0 Å². The average molecular weight is 248 g/mol. The second kappa shape index (κ2) is 5.92. The van der Waals surface area contributed by atoms with Crippen LogP contribution in [0.5, 0.6) is 0 Å². The lowest BCUT2D eigenvalue weighted by Crippen LogP contribution is -2.27. The van der Waals surface area contributed by atoms with Crippen LogP contribution in [0.15, 0.2) is 6.33 Å². The highest BCUT2D eigenvalue weighted by atomic mass is 32.2. The van der Waals surface area contributed by atoms with Crippen LogP contribution in [-0.4, -0.2) is 40.6 Å². The van der Waals surface area contributed by atoms with E-state index in [4.69, 9.17) is 5.11 Å². The van der Waals surface area contributed by atoms with Crippen molar-refractivity contribution >= 4 is 10.0 Å². The zero-order valence-electron chi connectivity index (χ0n) is 9.13. The number of nitrogens with zero attached hydrogens (tertiary/aromatic N) is 3. The van der Waals surface area contributed by atoms with Crippen molar-refractivity contribution in [3.8, 4) is 0 Å². The van der Waals surface area contributed by atoms with Gasteiger partial charge >= 0.3 is 0 Å². The molecular formula is C8H16N4O3S. The zero-order chi connectivity index (χ0) is 12.0. The van der Waals surface area contributed by atoms with Gasteiger partial charge in [-0.2, -0.15) is 0 Å². The van der Waals surface area contributed by atoms with Gasteiger partial charge in [-0.1, -0.05) is 0 Å². The van der Waals surface area contributed by atoms with Gasteiger partial charge in [0.15, 0.2) is 0 Å². The number of hydrogen-bond acceptors (Lipinski definition) is 5. The van der Waals surface area contributed by atoms with Crippen molar-refractivity contribution in [1.82, 2.24) is 19.5 Å². The third-order valence-electron chi connectivity index (χ3n) is 2.06. The maximum atomic E-state index is 11.4. The van der Waals surface area contributed by atoms with Gasteiger partial charge in [-0.3, -0.25) is 0 Å². The lowest BCUT2D eigenvalue weighted by atomic mass is 10.5. The second-order valence-electron chi connectivity index (χ2n) is 3.25. The average Bonchev–Trinajstić information content (AvgIpc) is 2.71. The van der Waals surface area contributed by atoms with E-state index in [-0.39, 0.29) is 25.3 Å². The fourth-order valence-corrected chi connectivity index (χ4v) is 2.18. The maximum absolute atomic E-state index is 11.4. The normalized spacial score (nSPS) is 11.9. The molecule has 0 saturated heterocycles. The summed E-state index contributed by atoms with van der Waals surface area (Å²) in [5, 5.41) is 16.0. The number of sulfonamides is 1. The Morgan fingerprint density at radius 1 is 1.56 bits per heavy atom. The molecule has 8 heteroatoms. The van der Waals surface area contributed by atoms with Gasteiger partial charge in [0.05, 0.1) is 12.3 Å². The van der Waals surface area contributed by atoms with Gasteiger partial charge in [0.1, 0.15) is 12.2 Å². The molecule has 1 rings (SSSR count). The van der Waals surface area contributed by atoms with Gasteiger partial charge in [-0.25, -0.2) is 13.1 Å². The molecule has 0 aliphatic rings. The summed E-state index contributed by atoms with van der Waals surface area (Å²) in [5.41, 5.74) is 0. The molecule has 0 saturated carbocycles. The number of nitrogens with one attached hydrogen (secondary N) is 1. The Morgan fingerprint density at radius 3 is 2.94 bits per heavy atom. The van der Waals surface area contributed by atoms with E-state index in [1.54, 1.807) is 10.9 Å². The van der Waals surface area contributed by atoms with Crippen molar-refractivity contribution < 1.29 is 13.5 Å². The van der Waals surface area contributed by atoms with E-state index in [0.29, 0.717) is 12.4 Å². The predicted molar refractivity (Wildman–Crippen MR) is 58.0 cm³/mol.